The zero-order valence-electron chi connectivity index (χ0n) is 13.3. The Morgan fingerprint density at radius 3 is 2.43 bits per heavy atom. The number of esters is 1. The number of methoxy groups -OCH3 is 1. The number of aryl methyl sites for hydroxylation is 1. The van der Waals surface area contributed by atoms with Gasteiger partial charge in [0.2, 0.25) is 0 Å². The fraction of sp³-hybridized carbons (Fsp3) is 0.500. The fourth-order valence-corrected chi connectivity index (χ4v) is 2.02. The second-order valence-corrected chi connectivity index (χ2v) is 5.29. The second-order valence-electron chi connectivity index (χ2n) is 5.29. The molecule has 1 atom stereocenters. The second kappa shape index (κ2) is 7.67. The van der Waals surface area contributed by atoms with Gasteiger partial charge in [0, 0.05) is 17.3 Å². The van der Waals surface area contributed by atoms with Gasteiger partial charge in [-0.1, -0.05) is 6.92 Å². The minimum absolute atomic E-state index is 0.0888. The molecule has 21 heavy (non-hydrogen) atoms. The van der Waals surface area contributed by atoms with Crippen LogP contribution in [0.4, 0.5) is 5.69 Å². The Hall–Kier alpha value is -2.04. The average molecular weight is 292 g/mol. The van der Waals surface area contributed by atoms with Gasteiger partial charge in [0.05, 0.1) is 7.11 Å². The normalized spacial score (nSPS) is 11.9. The zero-order valence-corrected chi connectivity index (χ0v) is 13.3. The van der Waals surface area contributed by atoms with Crippen LogP contribution in [0, 0.1) is 6.92 Å². The lowest BCUT2D eigenvalue weighted by Crippen LogP contribution is -2.31. The number of carbonyl (C=O) groups excluding carboxylic acids is 2. The number of nitrogens with one attached hydrogen (secondary N) is 2. The largest absolute Gasteiger partial charge is 0.467 e. The summed E-state index contributed by atoms with van der Waals surface area (Å²) < 4.78 is 4.75. The van der Waals surface area contributed by atoms with E-state index in [0.29, 0.717) is 12.0 Å². The molecule has 1 aromatic rings. The summed E-state index contributed by atoms with van der Waals surface area (Å²) in [5.74, 6) is -0.383. The summed E-state index contributed by atoms with van der Waals surface area (Å²) in [6.07, 6.45) is 0.626. The first-order valence-electron chi connectivity index (χ1n) is 7.14. The van der Waals surface area contributed by atoms with Crippen molar-refractivity contribution in [1.82, 2.24) is 5.32 Å². The smallest absolute Gasteiger partial charge is 0.328 e. The van der Waals surface area contributed by atoms with E-state index in [9.17, 15) is 9.59 Å². The zero-order chi connectivity index (χ0) is 16.0. The van der Waals surface area contributed by atoms with Crippen molar-refractivity contribution in [3.63, 3.8) is 0 Å². The van der Waals surface area contributed by atoms with E-state index in [1.807, 2.05) is 33.8 Å². The van der Waals surface area contributed by atoms with Gasteiger partial charge in [0.15, 0.2) is 0 Å². The van der Waals surface area contributed by atoms with Crippen LogP contribution in [-0.2, 0) is 9.53 Å². The number of carbonyl (C=O) groups is 2. The Balaban J connectivity index is 2.87. The lowest BCUT2D eigenvalue weighted by atomic mass is 10.1. The molecule has 5 nitrogen and oxygen atoms in total. The molecule has 0 aliphatic rings. The summed E-state index contributed by atoms with van der Waals surface area (Å²) >= 11 is 0. The molecule has 1 rings (SSSR count). The summed E-state index contributed by atoms with van der Waals surface area (Å²) in [7, 11) is 1.37. The third-order valence-electron chi connectivity index (χ3n) is 3.13. The van der Waals surface area contributed by atoms with Gasteiger partial charge in [-0.15, -0.1) is 0 Å². The molecule has 0 aliphatic carbocycles. The van der Waals surface area contributed by atoms with Crippen LogP contribution < -0.4 is 10.6 Å². The van der Waals surface area contributed by atoms with Gasteiger partial charge in [0.25, 0.3) is 5.91 Å². The Morgan fingerprint density at radius 2 is 1.95 bits per heavy atom. The van der Waals surface area contributed by atoms with Gasteiger partial charge in [-0.25, -0.2) is 4.79 Å². The molecule has 0 spiro atoms. The number of hydrogen-bond donors (Lipinski definition) is 2. The third-order valence-corrected chi connectivity index (χ3v) is 3.13. The Morgan fingerprint density at radius 1 is 1.29 bits per heavy atom. The molecule has 1 aromatic carbocycles. The van der Waals surface area contributed by atoms with Crippen LogP contribution in [0.25, 0.3) is 0 Å². The minimum atomic E-state index is -0.384. The molecule has 0 saturated heterocycles. The summed E-state index contributed by atoms with van der Waals surface area (Å²) in [6.45, 7) is 7.63. The average Bonchev–Trinajstić information content (AvgIpc) is 2.43. The van der Waals surface area contributed by atoms with Crippen molar-refractivity contribution in [3.8, 4) is 0 Å². The lowest BCUT2D eigenvalue weighted by molar-refractivity contribution is -0.141. The van der Waals surface area contributed by atoms with E-state index in [-0.39, 0.29) is 24.0 Å². The highest BCUT2D eigenvalue weighted by Gasteiger charge is 2.17. The van der Waals surface area contributed by atoms with E-state index < -0.39 is 0 Å². The monoisotopic (exact) mass is 292 g/mol. The topological polar surface area (TPSA) is 67.4 Å². The van der Waals surface area contributed by atoms with Crippen molar-refractivity contribution < 1.29 is 14.3 Å². The van der Waals surface area contributed by atoms with Crippen molar-refractivity contribution >= 4 is 17.6 Å². The first-order valence-corrected chi connectivity index (χ1v) is 7.14. The highest BCUT2D eigenvalue weighted by molar-refractivity contribution is 5.96. The lowest BCUT2D eigenvalue weighted by Gasteiger charge is -2.17. The van der Waals surface area contributed by atoms with Crippen LogP contribution >= 0.6 is 0 Å². The predicted octanol–water partition coefficient (Wildman–Crippen LogP) is 2.50. The SMILES string of the molecule is CC[C@@H](Nc1ccc(C(=O)NC(C)C)c(C)c1)C(=O)OC. The number of anilines is 1. The number of amides is 1. The molecule has 0 aromatic heterocycles. The molecular formula is C16H24N2O3. The number of ether oxygens (including phenoxy) is 1. The number of rotatable bonds is 6. The molecule has 0 aliphatic heterocycles. The maximum atomic E-state index is 12.0. The predicted molar refractivity (Wildman–Crippen MR) is 83.5 cm³/mol. The van der Waals surface area contributed by atoms with Crippen molar-refractivity contribution in [2.45, 2.75) is 46.2 Å². The van der Waals surface area contributed by atoms with Gasteiger partial charge in [-0.05, 0) is 51.0 Å². The number of hydrogen-bond acceptors (Lipinski definition) is 4. The fourth-order valence-electron chi connectivity index (χ4n) is 2.02. The van der Waals surface area contributed by atoms with Crippen LogP contribution in [-0.4, -0.2) is 31.1 Å². The van der Waals surface area contributed by atoms with E-state index in [1.165, 1.54) is 7.11 Å². The van der Waals surface area contributed by atoms with E-state index in [0.717, 1.165) is 11.3 Å². The van der Waals surface area contributed by atoms with Gasteiger partial charge in [-0.3, -0.25) is 4.79 Å². The van der Waals surface area contributed by atoms with E-state index in [4.69, 9.17) is 4.74 Å². The minimum Gasteiger partial charge on any atom is -0.467 e. The molecular weight excluding hydrogens is 268 g/mol. The van der Waals surface area contributed by atoms with Gasteiger partial charge in [0.1, 0.15) is 6.04 Å². The molecule has 0 radical (unpaired) electrons. The van der Waals surface area contributed by atoms with E-state index >= 15 is 0 Å². The van der Waals surface area contributed by atoms with Crippen molar-refractivity contribution in [2.24, 2.45) is 0 Å². The van der Waals surface area contributed by atoms with Crippen LogP contribution in [0.5, 0.6) is 0 Å². The van der Waals surface area contributed by atoms with Gasteiger partial charge in [-0.2, -0.15) is 0 Å². The molecule has 5 heteroatoms. The molecule has 116 valence electrons. The van der Waals surface area contributed by atoms with Gasteiger partial charge >= 0.3 is 5.97 Å². The number of benzene rings is 1. The summed E-state index contributed by atoms with van der Waals surface area (Å²) in [6, 6.07) is 5.14. The first-order chi connectivity index (χ1) is 9.88. The van der Waals surface area contributed by atoms with E-state index in [1.54, 1.807) is 12.1 Å². The van der Waals surface area contributed by atoms with Crippen molar-refractivity contribution in [2.75, 3.05) is 12.4 Å². The van der Waals surface area contributed by atoms with Gasteiger partial charge < -0.3 is 15.4 Å². The first kappa shape index (κ1) is 17.0. The Kier molecular flexibility index (Phi) is 6.21. The maximum absolute atomic E-state index is 12.0. The van der Waals surface area contributed by atoms with E-state index in [2.05, 4.69) is 10.6 Å². The molecule has 2 N–H and O–H groups in total. The van der Waals surface area contributed by atoms with Crippen LogP contribution in [0.15, 0.2) is 18.2 Å². The molecule has 0 saturated carbocycles. The molecule has 0 unspecified atom stereocenters. The molecule has 0 fully saturated rings. The van der Waals surface area contributed by atoms with Crippen LogP contribution in [0.1, 0.15) is 43.1 Å². The Bertz CT molecular complexity index is 512. The maximum Gasteiger partial charge on any atom is 0.328 e. The highest BCUT2D eigenvalue weighted by Crippen LogP contribution is 2.17. The van der Waals surface area contributed by atoms with Crippen LogP contribution in [0.2, 0.25) is 0 Å². The van der Waals surface area contributed by atoms with Crippen molar-refractivity contribution in [3.05, 3.63) is 29.3 Å². The molecule has 0 bridgehead atoms. The summed E-state index contributed by atoms with van der Waals surface area (Å²) in [5.41, 5.74) is 2.30. The quantitative estimate of drug-likeness (QED) is 0.791. The van der Waals surface area contributed by atoms with Crippen LogP contribution in [0.3, 0.4) is 0 Å². The van der Waals surface area contributed by atoms with Crippen molar-refractivity contribution in [1.29, 1.82) is 0 Å². The third kappa shape index (κ3) is 4.77. The molecule has 1 amide bonds. The highest BCUT2D eigenvalue weighted by atomic mass is 16.5. The molecule has 0 heterocycles. The summed E-state index contributed by atoms with van der Waals surface area (Å²) in [5, 5.41) is 5.99. The Labute approximate surface area is 126 Å². The standard InChI is InChI=1S/C16H24N2O3/c1-6-14(16(20)21-5)18-12-7-8-13(11(4)9-12)15(19)17-10(2)3/h7-10,14,18H,6H2,1-5H3,(H,17,19)/t14-/m1/s1. The summed E-state index contributed by atoms with van der Waals surface area (Å²) in [4.78, 5) is 23.6.